The van der Waals surface area contributed by atoms with Crippen LogP contribution in [0.1, 0.15) is 74.7 Å². The molecule has 3 saturated heterocycles. The number of ether oxygens (including phenoxy) is 5. The van der Waals surface area contributed by atoms with Crippen LogP contribution < -0.4 is 5.73 Å². The van der Waals surface area contributed by atoms with Crippen LogP contribution in [0.15, 0.2) is 30.5 Å². The fourth-order valence-electron chi connectivity index (χ4n) is 9.13. The fourth-order valence-corrected chi connectivity index (χ4v) is 9.13. The number of anilines is 1. The molecule has 4 heterocycles. The van der Waals surface area contributed by atoms with Crippen molar-refractivity contribution in [1.29, 1.82) is 0 Å². The third-order valence-corrected chi connectivity index (χ3v) is 12.5. The van der Waals surface area contributed by atoms with Gasteiger partial charge >= 0.3 is 12.1 Å². The number of carbonyl (C=O) groups is 4. The van der Waals surface area contributed by atoms with Gasteiger partial charge in [0.25, 0.3) is 5.67 Å². The Morgan fingerprint density at radius 1 is 1.07 bits per heavy atom. The number of Topliss-reactive ketones (excluding diaryl/α,β-unsaturated/α-hetero) is 2. The maximum atomic E-state index is 16.9. The highest BCUT2D eigenvalue weighted by Crippen LogP contribution is 2.43. The van der Waals surface area contributed by atoms with Crippen molar-refractivity contribution in [1.82, 2.24) is 24.8 Å². The van der Waals surface area contributed by atoms with E-state index in [0.717, 1.165) is 12.5 Å². The fraction of sp³-hybridized carbons (Fsp3) is 0.674. The molecule has 60 heavy (non-hydrogen) atoms. The summed E-state index contributed by atoms with van der Waals surface area (Å²) < 4.78 is 48.8. The van der Waals surface area contributed by atoms with Gasteiger partial charge in [0.2, 0.25) is 0 Å². The molecule has 3 aliphatic heterocycles. The first-order valence-corrected chi connectivity index (χ1v) is 20.5. The van der Waals surface area contributed by atoms with Crippen LogP contribution in [0, 0.1) is 29.6 Å². The first-order chi connectivity index (χ1) is 28.1. The van der Waals surface area contributed by atoms with Gasteiger partial charge in [-0.3, -0.25) is 14.5 Å². The minimum atomic E-state index is -3.21. The van der Waals surface area contributed by atoms with Gasteiger partial charge in [0.05, 0.1) is 36.6 Å². The molecular weight excluding hydrogens is 780 g/mol. The van der Waals surface area contributed by atoms with Crippen molar-refractivity contribution >= 4 is 29.3 Å². The lowest BCUT2D eigenvalue weighted by Gasteiger charge is -2.47. The molecule has 13 atom stereocenters. The van der Waals surface area contributed by atoms with Crippen LogP contribution >= 0.6 is 0 Å². The summed E-state index contributed by atoms with van der Waals surface area (Å²) in [5, 5.41) is 19.7. The van der Waals surface area contributed by atoms with Gasteiger partial charge in [0, 0.05) is 42.2 Å². The van der Waals surface area contributed by atoms with E-state index in [1.807, 2.05) is 38.1 Å². The number of nitrogens with two attached hydrogens (primary N) is 1. The number of aromatic nitrogens is 3. The zero-order chi connectivity index (χ0) is 44.5. The van der Waals surface area contributed by atoms with Gasteiger partial charge in [-0.15, -0.1) is 5.10 Å². The first kappa shape index (κ1) is 46.6. The number of nitrogen functional groups attached to an aromatic ring is 1. The summed E-state index contributed by atoms with van der Waals surface area (Å²) in [5.74, 6) is -0.0856. The van der Waals surface area contributed by atoms with Gasteiger partial charge in [-0.1, -0.05) is 56.9 Å². The highest BCUT2D eigenvalue weighted by molar-refractivity contribution is 6.08. The Bertz CT molecular complexity index is 1970. The first-order valence-electron chi connectivity index (χ1n) is 20.5. The highest BCUT2D eigenvalue weighted by Gasteiger charge is 2.61. The van der Waals surface area contributed by atoms with Crippen molar-refractivity contribution < 1.29 is 52.4 Å². The maximum absolute atomic E-state index is 16.9. The van der Waals surface area contributed by atoms with Crippen molar-refractivity contribution in [2.75, 3.05) is 33.5 Å². The minimum Gasteiger partial charge on any atom is -0.455 e. The van der Waals surface area contributed by atoms with E-state index in [-0.39, 0.29) is 43.9 Å². The number of halogens is 1. The van der Waals surface area contributed by atoms with E-state index < -0.39 is 83.1 Å². The van der Waals surface area contributed by atoms with Crippen molar-refractivity contribution in [2.45, 2.75) is 141 Å². The topological polar surface area (TPSA) is 198 Å². The Labute approximate surface area is 351 Å². The van der Waals surface area contributed by atoms with Crippen LogP contribution in [0.3, 0.4) is 0 Å². The molecule has 0 spiro atoms. The Balaban J connectivity index is 1.49. The van der Waals surface area contributed by atoms with Gasteiger partial charge in [-0.25, -0.2) is 18.7 Å². The number of fused-ring (bicyclic) bond motifs is 1. The van der Waals surface area contributed by atoms with Crippen LogP contribution in [0.25, 0.3) is 11.3 Å². The summed E-state index contributed by atoms with van der Waals surface area (Å²) in [6, 6.07) is 5.79. The number of aliphatic hydroxyl groups is 1. The summed E-state index contributed by atoms with van der Waals surface area (Å²) in [5.41, 5.74) is 1.52. The van der Waals surface area contributed by atoms with Crippen molar-refractivity contribution in [3.63, 3.8) is 0 Å². The number of likely N-dealkylation sites (N-methyl/N-ethyl adjacent to an activating group) is 1. The van der Waals surface area contributed by atoms with E-state index in [1.54, 1.807) is 52.9 Å². The van der Waals surface area contributed by atoms with E-state index in [4.69, 9.17) is 29.4 Å². The largest absolute Gasteiger partial charge is 0.455 e. The molecule has 0 aliphatic carbocycles. The molecule has 5 rings (SSSR count). The van der Waals surface area contributed by atoms with E-state index in [0.29, 0.717) is 17.8 Å². The van der Waals surface area contributed by atoms with Crippen LogP contribution in [0.2, 0.25) is 0 Å². The summed E-state index contributed by atoms with van der Waals surface area (Å²) in [7, 11) is 5.01. The molecule has 16 nitrogen and oxygen atoms in total. The van der Waals surface area contributed by atoms with Crippen molar-refractivity contribution in [3.8, 4) is 23.1 Å². The average Bonchev–Trinajstić information content (AvgIpc) is 3.78. The smallest absolute Gasteiger partial charge is 0.411 e. The second kappa shape index (κ2) is 18.3. The summed E-state index contributed by atoms with van der Waals surface area (Å²) in [6.45, 7) is 12.2. The van der Waals surface area contributed by atoms with Gasteiger partial charge in [-0.2, -0.15) is 0 Å². The third kappa shape index (κ3) is 9.23. The Morgan fingerprint density at radius 2 is 1.75 bits per heavy atom. The number of amides is 1. The lowest BCUT2D eigenvalue weighted by atomic mass is 9.73. The molecular formula is C43H61FN6O10. The molecule has 3 N–H and O–H groups in total. The predicted molar refractivity (Wildman–Crippen MR) is 218 cm³/mol. The van der Waals surface area contributed by atoms with Crippen LogP contribution in [0.4, 0.5) is 14.9 Å². The summed E-state index contributed by atoms with van der Waals surface area (Å²) >= 11 is 0. The molecule has 1 amide bonds. The van der Waals surface area contributed by atoms with E-state index >= 15 is 4.39 Å². The van der Waals surface area contributed by atoms with E-state index in [1.165, 1.54) is 23.6 Å². The second-order valence-corrected chi connectivity index (χ2v) is 17.3. The number of cyclic esters (lactones) is 1. The minimum absolute atomic E-state index is 0.0391. The number of nitrogens with zero attached hydrogens (tertiary/aromatic N) is 5. The number of aliphatic hydroxyl groups excluding tert-OH is 1. The second-order valence-electron chi connectivity index (χ2n) is 17.3. The molecule has 3 unspecified atom stereocenters. The number of carbonyl (C=O) groups excluding carboxylic acids is 4. The molecule has 0 bridgehead atoms. The van der Waals surface area contributed by atoms with Crippen molar-refractivity contribution in [2.24, 2.45) is 17.8 Å². The molecule has 0 radical (unpaired) electrons. The number of hydrogen-bond acceptors (Lipinski definition) is 14. The normalized spacial score (nSPS) is 36.9. The molecule has 330 valence electrons. The quantitative estimate of drug-likeness (QED) is 0.168. The molecule has 2 aromatic rings. The lowest BCUT2D eigenvalue weighted by Crippen LogP contribution is -2.61. The monoisotopic (exact) mass is 840 g/mol. The zero-order valence-electron chi connectivity index (χ0n) is 36.5. The molecule has 0 saturated carbocycles. The van der Waals surface area contributed by atoms with Gasteiger partial charge in [-0.05, 0) is 73.2 Å². The zero-order valence-corrected chi connectivity index (χ0v) is 36.5. The predicted octanol–water partition coefficient (Wildman–Crippen LogP) is 3.83. The Morgan fingerprint density at radius 3 is 2.38 bits per heavy atom. The van der Waals surface area contributed by atoms with Crippen LogP contribution in [-0.2, 0) is 44.6 Å². The number of methoxy groups -OCH3 is 1. The summed E-state index contributed by atoms with van der Waals surface area (Å²) in [4.78, 5) is 59.8. The number of ketones is 2. The maximum Gasteiger partial charge on any atom is 0.411 e. The number of alkyl halides is 1. The number of rotatable bonds is 8. The van der Waals surface area contributed by atoms with E-state index in [9.17, 15) is 24.3 Å². The highest BCUT2D eigenvalue weighted by atomic mass is 19.1. The number of esters is 1. The molecule has 17 heteroatoms. The average molecular weight is 841 g/mol. The Kier molecular flexibility index (Phi) is 14.2. The standard InChI is InChI=1S/C43H61FN6O10/c1-12-32-43(8)35(50(40(55)60-43)19-14-13-18-49-23-30(46-47-49)28-16-15-17-29(45)21-28)26(4)33(51)24(2)22-41(6,56-11)37(27(5)36(53)42(7,44)39(54)58-32)59-38-34(52)31(48(9)10)20-25(3)57-38/h15-17,21,23-27,31-32,34-35,37-38,52H,12,18-20,22,45H2,1-11H3/t24-,25?,26+,27+,31?,32-,34?,35-,37-,38+,41-,42+,43-/m1/s1. The lowest BCUT2D eigenvalue weighted by molar-refractivity contribution is -0.295. The molecule has 3 fully saturated rings. The van der Waals surface area contributed by atoms with Crippen molar-refractivity contribution in [3.05, 3.63) is 30.5 Å². The molecule has 1 aromatic carbocycles. The number of hydrogen-bond donors (Lipinski definition) is 2. The van der Waals surface area contributed by atoms with E-state index in [2.05, 4.69) is 22.2 Å². The number of benzene rings is 1. The molecule has 1 aromatic heterocycles. The van der Waals surface area contributed by atoms with Gasteiger partial charge in [0.15, 0.2) is 17.7 Å². The third-order valence-electron chi connectivity index (χ3n) is 12.5. The Hall–Kier alpha value is -4.47. The van der Waals surface area contributed by atoms with Gasteiger partial charge < -0.3 is 39.4 Å². The summed E-state index contributed by atoms with van der Waals surface area (Å²) in [6.07, 6.45) is -4.02. The SMILES string of the molecule is CC[C@H]1OC(=O)[C@@](C)(F)C(=O)[C@H](C)[C@@H](O[C@@H]2OC(C)CC(N(C)C)C2O)[C@](C)(OC)C[C@@H](C)C(=O)[C@H](C)[C@H]2N(CC#CCn3cc(-c4cccc(N)c4)nn3)C(=O)O[C@]12C. The van der Waals surface area contributed by atoms with Crippen LogP contribution in [0.5, 0.6) is 0 Å². The molecule has 3 aliphatic rings. The van der Waals surface area contributed by atoms with Gasteiger partial charge in [0.1, 0.15) is 30.2 Å². The van der Waals surface area contributed by atoms with Crippen LogP contribution in [-0.4, -0.2) is 141 Å².